The molecule has 0 saturated heterocycles. The highest BCUT2D eigenvalue weighted by atomic mass is 32.2. The van der Waals surface area contributed by atoms with Crippen molar-refractivity contribution in [2.75, 3.05) is 6.26 Å². The van der Waals surface area contributed by atoms with E-state index in [1.165, 1.54) is 6.26 Å². The van der Waals surface area contributed by atoms with Crippen molar-refractivity contribution in [2.45, 2.75) is 11.2 Å². The number of benzene rings is 1. The zero-order valence-electron chi connectivity index (χ0n) is 8.83. The predicted octanol–water partition coefficient (Wildman–Crippen LogP) is 1.10. The van der Waals surface area contributed by atoms with Gasteiger partial charge in [0.1, 0.15) is 0 Å². The fraction of sp³-hybridized carbons (Fsp3) is 0.364. The molecule has 0 unspecified atom stereocenters. The third-order valence-corrected chi connectivity index (χ3v) is 4.81. The Morgan fingerprint density at radius 2 is 1.88 bits per heavy atom. The molecule has 1 aliphatic rings. The molecule has 5 heteroatoms. The molecule has 2 rings (SSSR count). The summed E-state index contributed by atoms with van der Waals surface area (Å²) in [5.41, 5.74) is 6.58. The van der Waals surface area contributed by atoms with Gasteiger partial charge >= 0.3 is 0 Å². The summed E-state index contributed by atoms with van der Waals surface area (Å²) in [7, 11) is -3.09. The molecule has 1 aliphatic carbocycles. The summed E-state index contributed by atoms with van der Waals surface area (Å²) < 4.78 is 23.2. The molecule has 0 bridgehead atoms. The van der Waals surface area contributed by atoms with Crippen molar-refractivity contribution in [1.82, 2.24) is 0 Å². The molecule has 0 heterocycles. The van der Waals surface area contributed by atoms with E-state index in [0.717, 1.165) is 5.56 Å². The minimum absolute atomic E-state index is 0.0614. The monoisotopic (exact) mass is 255 g/mol. The van der Waals surface area contributed by atoms with E-state index in [-0.39, 0.29) is 11.8 Å². The van der Waals surface area contributed by atoms with Crippen molar-refractivity contribution in [1.29, 1.82) is 0 Å². The highest BCUT2D eigenvalue weighted by Crippen LogP contribution is 2.52. The smallest absolute Gasteiger partial charge is 0.151 e. The molecule has 3 nitrogen and oxygen atoms in total. The van der Waals surface area contributed by atoms with Gasteiger partial charge < -0.3 is 5.73 Å². The summed E-state index contributed by atoms with van der Waals surface area (Å²) >= 11 is 4.92. The molecule has 1 aromatic carbocycles. The van der Waals surface area contributed by atoms with Crippen molar-refractivity contribution in [3.8, 4) is 0 Å². The first kappa shape index (κ1) is 11.5. The Hall–Kier alpha value is -0.940. The largest absolute Gasteiger partial charge is 0.393 e. The van der Waals surface area contributed by atoms with Gasteiger partial charge in [0.15, 0.2) is 9.84 Å². The molecule has 16 heavy (non-hydrogen) atoms. The van der Waals surface area contributed by atoms with Gasteiger partial charge in [-0.3, -0.25) is 0 Å². The molecule has 2 N–H and O–H groups in total. The van der Waals surface area contributed by atoms with E-state index in [4.69, 9.17) is 18.0 Å². The van der Waals surface area contributed by atoms with Gasteiger partial charge in [0.05, 0.1) is 10.2 Å². The number of sulfone groups is 1. The van der Waals surface area contributed by atoms with E-state index in [1.807, 2.05) is 30.3 Å². The minimum atomic E-state index is -3.09. The molecule has 0 aliphatic heterocycles. The summed E-state index contributed by atoms with van der Waals surface area (Å²) in [5.74, 6) is -0.263. The molecular formula is C11H13NO2S2. The van der Waals surface area contributed by atoms with E-state index in [0.29, 0.717) is 4.99 Å². The SMILES string of the molecule is CS(=O)(=O)[C@H]1[C@H](C(N)=S)[C@@H]1c1ccccc1. The number of hydrogen-bond acceptors (Lipinski definition) is 3. The van der Waals surface area contributed by atoms with Crippen LogP contribution in [0.1, 0.15) is 11.5 Å². The highest BCUT2D eigenvalue weighted by molar-refractivity contribution is 7.91. The lowest BCUT2D eigenvalue weighted by atomic mass is 10.1. The van der Waals surface area contributed by atoms with Gasteiger partial charge in [-0.1, -0.05) is 42.5 Å². The highest BCUT2D eigenvalue weighted by Gasteiger charge is 2.58. The summed E-state index contributed by atoms with van der Waals surface area (Å²) in [6.45, 7) is 0. The van der Waals surface area contributed by atoms with E-state index < -0.39 is 15.1 Å². The molecule has 1 aromatic rings. The Morgan fingerprint density at radius 3 is 2.25 bits per heavy atom. The van der Waals surface area contributed by atoms with Crippen LogP contribution in [0.2, 0.25) is 0 Å². The van der Waals surface area contributed by atoms with E-state index >= 15 is 0 Å². The average Bonchev–Trinajstić information content (AvgIpc) is 2.93. The lowest BCUT2D eigenvalue weighted by Gasteiger charge is -1.97. The second-order valence-corrected chi connectivity index (χ2v) is 6.83. The summed E-state index contributed by atoms with van der Waals surface area (Å²) in [6, 6.07) is 9.52. The molecule has 0 radical (unpaired) electrons. The van der Waals surface area contributed by atoms with Crippen LogP contribution in [0.3, 0.4) is 0 Å². The maximum absolute atomic E-state index is 11.6. The molecule has 0 spiro atoms. The van der Waals surface area contributed by atoms with Crippen LogP contribution < -0.4 is 5.73 Å². The first-order chi connectivity index (χ1) is 7.43. The van der Waals surface area contributed by atoms with Crippen molar-refractivity contribution in [3.05, 3.63) is 35.9 Å². The predicted molar refractivity (Wildman–Crippen MR) is 68.1 cm³/mol. The second kappa shape index (κ2) is 3.82. The van der Waals surface area contributed by atoms with Crippen molar-refractivity contribution in [2.24, 2.45) is 11.7 Å². The molecule has 1 saturated carbocycles. The molecule has 0 amide bonds. The summed E-state index contributed by atoms with van der Waals surface area (Å²) in [6.07, 6.45) is 1.24. The Kier molecular flexibility index (Phi) is 2.75. The first-order valence-electron chi connectivity index (χ1n) is 4.96. The standard InChI is InChI=1S/C11H13NO2S2/c1-16(13,14)10-8(9(10)11(12)15)7-5-3-2-4-6-7/h2-6,8-10H,1H3,(H2,12,15)/t8-,9+,10+/m0/s1. The Morgan fingerprint density at radius 1 is 1.31 bits per heavy atom. The van der Waals surface area contributed by atoms with Crippen molar-refractivity contribution >= 4 is 27.0 Å². The van der Waals surface area contributed by atoms with E-state index in [1.54, 1.807) is 0 Å². The molecule has 1 fully saturated rings. The van der Waals surface area contributed by atoms with Crippen molar-refractivity contribution in [3.63, 3.8) is 0 Å². The fourth-order valence-corrected chi connectivity index (χ4v) is 4.22. The van der Waals surface area contributed by atoms with Crippen LogP contribution in [0.15, 0.2) is 30.3 Å². The van der Waals surface area contributed by atoms with Gasteiger partial charge in [-0.2, -0.15) is 0 Å². The van der Waals surface area contributed by atoms with Gasteiger partial charge in [0.25, 0.3) is 0 Å². The number of hydrogen-bond donors (Lipinski definition) is 1. The Labute approximate surface area is 101 Å². The zero-order valence-corrected chi connectivity index (χ0v) is 10.5. The van der Waals surface area contributed by atoms with Crippen LogP contribution in [0.5, 0.6) is 0 Å². The second-order valence-electron chi connectivity index (χ2n) is 4.16. The molecule has 0 aromatic heterocycles. The Balaban J connectivity index is 2.34. The van der Waals surface area contributed by atoms with Crippen LogP contribution in [-0.4, -0.2) is 24.9 Å². The zero-order chi connectivity index (χ0) is 11.9. The van der Waals surface area contributed by atoms with Gasteiger partial charge in [-0.05, 0) is 5.56 Å². The molecular weight excluding hydrogens is 242 g/mol. The quantitative estimate of drug-likeness (QED) is 0.822. The van der Waals surface area contributed by atoms with E-state index in [2.05, 4.69) is 0 Å². The normalized spacial score (nSPS) is 28.7. The van der Waals surface area contributed by atoms with Gasteiger partial charge in [0.2, 0.25) is 0 Å². The lowest BCUT2D eigenvalue weighted by Crippen LogP contribution is -2.16. The minimum Gasteiger partial charge on any atom is -0.393 e. The third kappa shape index (κ3) is 1.97. The topological polar surface area (TPSA) is 60.2 Å². The van der Waals surface area contributed by atoms with E-state index in [9.17, 15) is 8.42 Å². The van der Waals surface area contributed by atoms with Gasteiger partial charge in [-0.25, -0.2) is 8.42 Å². The average molecular weight is 255 g/mol. The van der Waals surface area contributed by atoms with Crippen molar-refractivity contribution < 1.29 is 8.42 Å². The number of rotatable bonds is 3. The van der Waals surface area contributed by atoms with Crippen LogP contribution in [-0.2, 0) is 9.84 Å². The van der Waals surface area contributed by atoms with Crippen LogP contribution in [0, 0.1) is 5.92 Å². The number of nitrogens with two attached hydrogens (primary N) is 1. The number of thiocarbonyl (C=S) groups is 1. The summed E-state index contributed by atoms with van der Waals surface area (Å²) in [5, 5.41) is -0.438. The van der Waals surface area contributed by atoms with Crippen LogP contribution >= 0.6 is 12.2 Å². The van der Waals surface area contributed by atoms with Gasteiger partial charge in [0, 0.05) is 18.1 Å². The van der Waals surface area contributed by atoms with Crippen LogP contribution in [0.4, 0.5) is 0 Å². The first-order valence-corrected chi connectivity index (χ1v) is 7.32. The molecule has 86 valence electrons. The molecule has 3 atom stereocenters. The fourth-order valence-electron chi connectivity index (χ4n) is 2.23. The summed E-state index contributed by atoms with van der Waals surface area (Å²) in [4.78, 5) is 0.296. The van der Waals surface area contributed by atoms with Gasteiger partial charge in [-0.15, -0.1) is 0 Å². The third-order valence-electron chi connectivity index (χ3n) is 2.96. The lowest BCUT2D eigenvalue weighted by molar-refractivity contribution is 0.599. The maximum Gasteiger partial charge on any atom is 0.151 e. The van der Waals surface area contributed by atoms with Crippen LogP contribution in [0.25, 0.3) is 0 Å². The Bertz CT molecular complexity index is 510. The maximum atomic E-state index is 11.6.